The van der Waals surface area contributed by atoms with E-state index >= 15 is 0 Å². The van der Waals surface area contributed by atoms with Gasteiger partial charge in [0.2, 0.25) is 0 Å². The molecule has 1 aliphatic rings. The van der Waals surface area contributed by atoms with Gasteiger partial charge in [-0.3, -0.25) is 0 Å². The molecular formula is C8H15O. The highest BCUT2D eigenvalue weighted by molar-refractivity contribution is 5.01. The van der Waals surface area contributed by atoms with Gasteiger partial charge in [0.25, 0.3) is 0 Å². The van der Waals surface area contributed by atoms with E-state index in [1.807, 2.05) is 0 Å². The summed E-state index contributed by atoms with van der Waals surface area (Å²) in [5.41, 5.74) is 0. The molecule has 53 valence electrons. The van der Waals surface area contributed by atoms with Crippen molar-refractivity contribution >= 4 is 0 Å². The van der Waals surface area contributed by atoms with Gasteiger partial charge in [-0.25, -0.2) is 0 Å². The van der Waals surface area contributed by atoms with Crippen molar-refractivity contribution in [2.75, 3.05) is 13.7 Å². The van der Waals surface area contributed by atoms with Crippen LogP contribution in [0.3, 0.4) is 0 Å². The lowest BCUT2D eigenvalue weighted by molar-refractivity contribution is 0.164. The molecule has 1 rings (SSSR count). The van der Waals surface area contributed by atoms with Crippen LogP contribution in [0.5, 0.6) is 0 Å². The third kappa shape index (κ3) is 1.68. The van der Waals surface area contributed by atoms with Crippen LogP contribution >= 0.6 is 0 Å². The summed E-state index contributed by atoms with van der Waals surface area (Å²) in [4.78, 5) is 0. The van der Waals surface area contributed by atoms with Crippen LogP contribution in [0.25, 0.3) is 0 Å². The Kier molecular flexibility index (Phi) is 2.52. The Morgan fingerprint density at radius 1 is 1.67 bits per heavy atom. The average molecular weight is 127 g/mol. The molecule has 0 bridgehead atoms. The second-order valence-corrected chi connectivity index (χ2v) is 2.86. The van der Waals surface area contributed by atoms with Gasteiger partial charge in [0.1, 0.15) is 0 Å². The Labute approximate surface area is 57.4 Å². The number of hydrogen-bond acceptors (Lipinski definition) is 1. The molecule has 9 heavy (non-hydrogen) atoms. The molecule has 1 radical (unpaired) electrons. The molecule has 1 atom stereocenters. The van der Waals surface area contributed by atoms with Crippen molar-refractivity contribution in [2.24, 2.45) is 5.92 Å². The van der Waals surface area contributed by atoms with Crippen molar-refractivity contribution in [2.45, 2.75) is 26.2 Å². The molecule has 1 aliphatic carbocycles. The Balaban J connectivity index is 1.99. The normalized spacial score (nSPS) is 28.0. The lowest BCUT2D eigenvalue weighted by atomic mass is 9.73. The number of ether oxygens (including phenoxy) is 1. The van der Waals surface area contributed by atoms with E-state index in [-0.39, 0.29) is 0 Å². The minimum atomic E-state index is 0.893. The van der Waals surface area contributed by atoms with Gasteiger partial charge in [0.05, 0.1) is 0 Å². The number of methoxy groups -OCH3 is 1. The van der Waals surface area contributed by atoms with E-state index in [1.54, 1.807) is 13.0 Å². The van der Waals surface area contributed by atoms with Crippen LogP contribution in [0.2, 0.25) is 0 Å². The third-order valence-corrected chi connectivity index (χ3v) is 2.25. The predicted molar refractivity (Wildman–Crippen MR) is 38.1 cm³/mol. The highest BCUT2D eigenvalue weighted by Crippen LogP contribution is 2.37. The molecule has 0 aliphatic heterocycles. The molecule has 1 saturated carbocycles. The summed E-state index contributed by atoms with van der Waals surface area (Å²) < 4.78 is 4.98. The fraction of sp³-hybridized carbons (Fsp3) is 0.875. The van der Waals surface area contributed by atoms with Crippen LogP contribution in [-0.2, 0) is 4.74 Å². The topological polar surface area (TPSA) is 9.23 Å². The van der Waals surface area contributed by atoms with Crippen molar-refractivity contribution in [1.82, 2.24) is 0 Å². The maximum Gasteiger partial charge on any atom is 0.0465 e. The lowest BCUT2D eigenvalue weighted by Crippen LogP contribution is -2.22. The number of hydrogen-bond donors (Lipinski definition) is 0. The molecule has 1 unspecified atom stereocenters. The zero-order chi connectivity index (χ0) is 6.69. The smallest absolute Gasteiger partial charge is 0.0465 e. The Morgan fingerprint density at radius 2 is 2.44 bits per heavy atom. The molecule has 0 spiro atoms. The highest BCUT2D eigenvalue weighted by atomic mass is 16.5. The van der Waals surface area contributed by atoms with Crippen molar-refractivity contribution in [3.8, 4) is 0 Å². The van der Waals surface area contributed by atoms with E-state index in [2.05, 4.69) is 6.92 Å². The molecule has 1 heteroatoms. The summed E-state index contributed by atoms with van der Waals surface area (Å²) in [5, 5.41) is 0. The van der Waals surface area contributed by atoms with Gasteiger partial charge in [-0.1, -0.05) is 6.92 Å². The van der Waals surface area contributed by atoms with Crippen LogP contribution in [0.4, 0.5) is 0 Å². The third-order valence-electron chi connectivity index (χ3n) is 2.25. The second kappa shape index (κ2) is 3.21. The first-order valence-corrected chi connectivity index (χ1v) is 3.66. The second-order valence-electron chi connectivity index (χ2n) is 2.86. The summed E-state index contributed by atoms with van der Waals surface area (Å²) in [6.45, 7) is 3.19. The highest BCUT2D eigenvalue weighted by Gasteiger charge is 2.26. The summed E-state index contributed by atoms with van der Waals surface area (Å²) in [7, 11) is 1.77. The monoisotopic (exact) mass is 127 g/mol. The molecule has 1 fully saturated rings. The summed E-state index contributed by atoms with van der Waals surface area (Å²) in [6, 6.07) is 0. The minimum absolute atomic E-state index is 0.893. The van der Waals surface area contributed by atoms with Crippen molar-refractivity contribution in [3.05, 3.63) is 5.92 Å². The molecule has 0 aromatic carbocycles. The number of rotatable bonds is 3. The van der Waals surface area contributed by atoms with Crippen LogP contribution in [-0.4, -0.2) is 13.7 Å². The maximum absolute atomic E-state index is 4.98. The van der Waals surface area contributed by atoms with Gasteiger partial charge in [0, 0.05) is 13.7 Å². The van der Waals surface area contributed by atoms with Gasteiger partial charge in [-0.05, 0) is 31.1 Å². The first-order chi connectivity index (χ1) is 4.34. The van der Waals surface area contributed by atoms with Crippen molar-refractivity contribution in [1.29, 1.82) is 0 Å². The van der Waals surface area contributed by atoms with Crippen molar-refractivity contribution < 1.29 is 4.74 Å². The van der Waals surface area contributed by atoms with E-state index in [9.17, 15) is 0 Å². The average Bonchev–Trinajstić information content (AvgIpc) is 1.86. The van der Waals surface area contributed by atoms with E-state index in [4.69, 9.17) is 4.74 Å². The lowest BCUT2D eigenvalue weighted by Gasteiger charge is -2.32. The predicted octanol–water partition coefficient (Wildman–Crippen LogP) is 2.03. The summed E-state index contributed by atoms with van der Waals surface area (Å²) >= 11 is 0. The van der Waals surface area contributed by atoms with E-state index in [1.165, 1.54) is 19.3 Å². The molecule has 0 N–H and O–H groups in total. The first-order valence-electron chi connectivity index (χ1n) is 3.66. The van der Waals surface area contributed by atoms with Gasteiger partial charge in [0.15, 0.2) is 0 Å². The van der Waals surface area contributed by atoms with Crippen LogP contribution in [0.15, 0.2) is 0 Å². The Bertz CT molecular complexity index is 80.6. The molecule has 0 aromatic heterocycles. The maximum atomic E-state index is 4.98. The van der Waals surface area contributed by atoms with Crippen molar-refractivity contribution in [3.63, 3.8) is 0 Å². The largest absolute Gasteiger partial charge is 0.385 e. The van der Waals surface area contributed by atoms with Gasteiger partial charge in [-0.2, -0.15) is 0 Å². The molecule has 1 nitrogen and oxygen atoms in total. The quantitative estimate of drug-likeness (QED) is 0.563. The van der Waals surface area contributed by atoms with Gasteiger partial charge >= 0.3 is 0 Å². The molecule has 0 saturated heterocycles. The zero-order valence-electron chi connectivity index (χ0n) is 6.31. The summed E-state index contributed by atoms with van der Waals surface area (Å²) in [5.74, 6) is 2.57. The van der Waals surface area contributed by atoms with E-state index in [0.717, 1.165) is 12.5 Å². The SMILES string of the molecule is COCCC1CC[C]1C. The van der Waals surface area contributed by atoms with E-state index < -0.39 is 0 Å². The van der Waals surface area contributed by atoms with Crippen LogP contribution in [0, 0.1) is 11.8 Å². The molecule has 0 heterocycles. The summed E-state index contributed by atoms with van der Waals surface area (Å²) in [6.07, 6.45) is 3.99. The Hall–Kier alpha value is -0.0400. The molecule has 0 aromatic rings. The fourth-order valence-electron chi connectivity index (χ4n) is 1.29. The van der Waals surface area contributed by atoms with Crippen LogP contribution < -0.4 is 0 Å². The zero-order valence-corrected chi connectivity index (χ0v) is 6.31. The Morgan fingerprint density at radius 3 is 2.78 bits per heavy atom. The van der Waals surface area contributed by atoms with Gasteiger partial charge in [-0.15, -0.1) is 0 Å². The molecular weight excluding hydrogens is 112 g/mol. The minimum Gasteiger partial charge on any atom is -0.385 e. The fourth-order valence-corrected chi connectivity index (χ4v) is 1.29. The van der Waals surface area contributed by atoms with Crippen LogP contribution in [0.1, 0.15) is 26.2 Å². The standard InChI is InChI=1S/C8H15O/c1-7-3-4-8(7)5-6-9-2/h8H,3-6H2,1-2H3. The first kappa shape index (κ1) is 7.07. The molecule has 0 amide bonds. The van der Waals surface area contributed by atoms with E-state index in [0.29, 0.717) is 0 Å². The van der Waals surface area contributed by atoms with Gasteiger partial charge < -0.3 is 4.74 Å².